The third-order valence-electron chi connectivity index (χ3n) is 7.14. The summed E-state index contributed by atoms with van der Waals surface area (Å²) in [6.45, 7) is 23.4. The number of aliphatic hydroxyl groups is 2. The molecule has 0 radical (unpaired) electrons. The summed E-state index contributed by atoms with van der Waals surface area (Å²) in [6.07, 6.45) is 14.1. The predicted octanol–water partition coefficient (Wildman–Crippen LogP) is 6.29. The molecule has 2 heteroatoms. The van der Waals surface area contributed by atoms with Crippen molar-refractivity contribution >= 4 is 13.2 Å². The number of rotatable bonds is 13. The fourth-order valence-electron chi connectivity index (χ4n) is 4.22. The average Bonchev–Trinajstić information content (AvgIpc) is 2.76. The van der Waals surface area contributed by atoms with Gasteiger partial charge in [0.05, 0.1) is 12.2 Å². The molecule has 0 amide bonds. The van der Waals surface area contributed by atoms with Crippen LogP contribution in [0.1, 0.15) is 94.9 Å². The normalized spacial score (nSPS) is 15.1. The van der Waals surface area contributed by atoms with Crippen LogP contribution < -0.4 is 10.4 Å². The first-order valence-corrected chi connectivity index (χ1v) is 12.5. The highest BCUT2D eigenvalue weighted by Gasteiger charge is 2.20. The molecule has 0 aliphatic heterocycles. The van der Waals surface area contributed by atoms with Gasteiger partial charge in [-0.15, -0.1) is 0 Å². The van der Waals surface area contributed by atoms with Crippen LogP contribution in [0, 0.1) is 20.8 Å². The van der Waals surface area contributed by atoms with Crippen LogP contribution in [0.4, 0.5) is 0 Å². The second-order valence-corrected chi connectivity index (χ2v) is 10.2. The fourth-order valence-corrected chi connectivity index (χ4v) is 4.22. The molecule has 0 heterocycles. The Morgan fingerprint density at radius 1 is 0.758 bits per heavy atom. The minimum atomic E-state index is -0.688. The van der Waals surface area contributed by atoms with Gasteiger partial charge in [0.15, 0.2) is 0 Å². The molecule has 0 saturated carbocycles. The Labute approximate surface area is 203 Å². The van der Waals surface area contributed by atoms with Gasteiger partial charge < -0.3 is 10.2 Å². The number of aliphatic hydroxyl groups excluding tert-OH is 1. The molecular weight excluding hydrogens is 404 g/mol. The van der Waals surface area contributed by atoms with Crippen molar-refractivity contribution in [3.63, 3.8) is 0 Å². The Bertz CT molecular complexity index is 973. The highest BCUT2D eigenvalue weighted by Crippen LogP contribution is 2.21. The maximum Gasteiger partial charge on any atom is 0.0639 e. The van der Waals surface area contributed by atoms with E-state index in [0.29, 0.717) is 0 Å². The molecule has 1 atom stereocenters. The van der Waals surface area contributed by atoms with Crippen LogP contribution in [0.2, 0.25) is 0 Å². The van der Waals surface area contributed by atoms with Crippen LogP contribution in [0.5, 0.6) is 0 Å². The second kappa shape index (κ2) is 13.7. The topological polar surface area (TPSA) is 40.5 Å². The highest BCUT2D eigenvalue weighted by atomic mass is 16.3. The predicted molar refractivity (Wildman–Crippen MR) is 146 cm³/mol. The summed E-state index contributed by atoms with van der Waals surface area (Å²) in [6, 6.07) is 0. The molecule has 184 valence electrons. The minimum Gasteiger partial charge on any atom is -0.392 e. The third kappa shape index (κ3) is 9.86. The van der Waals surface area contributed by atoms with Gasteiger partial charge in [-0.25, -0.2) is 0 Å². The van der Waals surface area contributed by atoms with Crippen LogP contribution in [-0.2, 0) is 6.42 Å². The van der Waals surface area contributed by atoms with E-state index in [2.05, 4.69) is 66.0 Å². The lowest BCUT2D eigenvalue weighted by atomic mass is 9.87. The number of benzene rings is 1. The van der Waals surface area contributed by atoms with Gasteiger partial charge in [-0.1, -0.05) is 48.1 Å². The molecule has 1 aromatic rings. The van der Waals surface area contributed by atoms with E-state index in [0.717, 1.165) is 67.4 Å². The lowest BCUT2D eigenvalue weighted by Gasteiger charge is -2.24. The first-order chi connectivity index (χ1) is 15.4. The molecule has 0 aliphatic carbocycles. The van der Waals surface area contributed by atoms with Gasteiger partial charge in [0.25, 0.3) is 0 Å². The molecule has 1 aromatic carbocycles. The second-order valence-electron chi connectivity index (χ2n) is 10.2. The maximum absolute atomic E-state index is 11.0. The number of hydrogen-bond donors (Lipinski definition) is 2. The zero-order chi connectivity index (χ0) is 25.2. The Kier molecular flexibility index (Phi) is 12.1. The van der Waals surface area contributed by atoms with Crippen LogP contribution in [-0.4, -0.2) is 22.4 Å². The lowest BCUT2D eigenvalue weighted by Crippen LogP contribution is -2.29. The van der Waals surface area contributed by atoms with Crippen LogP contribution in [0.15, 0.2) is 34.9 Å². The Morgan fingerprint density at radius 2 is 1.24 bits per heavy atom. The summed E-state index contributed by atoms with van der Waals surface area (Å²) < 4.78 is 0. The smallest absolute Gasteiger partial charge is 0.0639 e. The monoisotopic (exact) mass is 452 g/mol. The quantitative estimate of drug-likeness (QED) is 0.345. The van der Waals surface area contributed by atoms with Crippen molar-refractivity contribution in [1.82, 2.24) is 0 Å². The molecular formula is C31H48O2. The van der Waals surface area contributed by atoms with Crippen molar-refractivity contribution in [2.24, 2.45) is 0 Å². The number of allylic oxidation sites excluding steroid dienone is 5. The van der Waals surface area contributed by atoms with E-state index >= 15 is 0 Å². The standard InChI is InChI=1S/C31H48O2/c1-22(15-11-16-24(3)21-32)13-10-14-23(2)17-12-19-31(9,33)20-18-30-28(7)26(5)25(4)27(6)29(30)8/h13,16-17,32-33H,5,8,10-12,14-15,18-21H2,1-4,6-7,9H3/b22-13+,23-17+,24-16+. The van der Waals surface area contributed by atoms with Crippen molar-refractivity contribution in [1.29, 1.82) is 0 Å². The van der Waals surface area contributed by atoms with E-state index in [1.165, 1.54) is 33.4 Å². The lowest BCUT2D eigenvalue weighted by molar-refractivity contribution is 0.0431. The molecule has 0 aliphatic rings. The molecule has 2 nitrogen and oxygen atoms in total. The third-order valence-corrected chi connectivity index (χ3v) is 7.14. The van der Waals surface area contributed by atoms with E-state index in [9.17, 15) is 5.11 Å². The first-order valence-electron chi connectivity index (χ1n) is 12.5. The average molecular weight is 453 g/mol. The molecule has 0 aromatic heterocycles. The largest absolute Gasteiger partial charge is 0.392 e. The zero-order valence-corrected chi connectivity index (χ0v) is 22.4. The van der Waals surface area contributed by atoms with Crippen molar-refractivity contribution in [2.75, 3.05) is 6.61 Å². The van der Waals surface area contributed by atoms with Crippen molar-refractivity contribution < 1.29 is 10.2 Å². The summed E-state index contributed by atoms with van der Waals surface area (Å²) in [4.78, 5) is 0. The summed E-state index contributed by atoms with van der Waals surface area (Å²) in [5.41, 5.74) is 8.07. The molecule has 0 saturated heterocycles. The summed E-state index contributed by atoms with van der Waals surface area (Å²) >= 11 is 0. The minimum absolute atomic E-state index is 0.152. The van der Waals surface area contributed by atoms with E-state index < -0.39 is 5.60 Å². The molecule has 0 bridgehead atoms. The molecule has 2 N–H and O–H groups in total. The van der Waals surface area contributed by atoms with Gasteiger partial charge in [-0.2, -0.15) is 0 Å². The van der Waals surface area contributed by atoms with Crippen molar-refractivity contribution in [3.05, 3.63) is 67.6 Å². The summed E-state index contributed by atoms with van der Waals surface area (Å²) in [7, 11) is 0. The molecule has 1 rings (SSSR count). The zero-order valence-electron chi connectivity index (χ0n) is 22.4. The summed E-state index contributed by atoms with van der Waals surface area (Å²) in [5.74, 6) is 0. The van der Waals surface area contributed by atoms with Gasteiger partial charge in [-0.05, 0) is 133 Å². The fraction of sp³-hybridized carbons (Fsp3) is 0.548. The Morgan fingerprint density at radius 3 is 1.79 bits per heavy atom. The summed E-state index contributed by atoms with van der Waals surface area (Å²) in [5, 5.41) is 22.2. The van der Waals surface area contributed by atoms with E-state index in [-0.39, 0.29) is 6.61 Å². The highest BCUT2D eigenvalue weighted by molar-refractivity contribution is 5.42. The van der Waals surface area contributed by atoms with Gasteiger partial charge in [0, 0.05) is 0 Å². The van der Waals surface area contributed by atoms with Gasteiger partial charge in [0.1, 0.15) is 0 Å². The van der Waals surface area contributed by atoms with Crippen molar-refractivity contribution in [3.8, 4) is 0 Å². The molecule has 1 unspecified atom stereocenters. The van der Waals surface area contributed by atoms with E-state index in [1.54, 1.807) is 0 Å². The van der Waals surface area contributed by atoms with Crippen LogP contribution in [0.25, 0.3) is 13.2 Å². The number of hydrogen-bond acceptors (Lipinski definition) is 2. The van der Waals surface area contributed by atoms with Gasteiger partial charge in [-0.3, -0.25) is 0 Å². The van der Waals surface area contributed by atoms with E-state index in [1.807, 2.05) is 13.8 Å². The Balaban J connectivity index is 2.53. The first kappa shape index (κ1) is 29.1. The molecule has 0 spiro atoms. The van der Waals surface area contributed by atoms with Gasteiger partial charge >= 0.3 is 0 Å². The SMILES string of the molecule is C=c1c(C)c(C)c(=C)c(CCC(C)(O)CC/C=C(\C)CC/C=C(\C)CC/C=C(\C)CO)c1C. The maximum atomic E-state index is 11.0. The molecule has 33 heavy (non-hydrogen) atoms. The molecule has 0 fully saturated rings. The van der Waals surface area contributed by atoms with E-state index in [4.69, 9.17) is 5.11 Å². The van der Waals surface area contributed by atoms with Gasteiger partial charge in [0.2, 0.25) is 0 Å². The van der Waals surface area contributed by atoms with Crippen molar-refractivity contribution in [2.45, 2.75) is 105 Å². The Hall–Kier alpha value is -1.90. The van der Waals surface area contributed by atoms with Crippen LogP contribution >= 0.6 is 0 Å². The van der Waals surface area contributed by atoms with Crippen LogP contribution in [0.3, 0.4) is 0 Å².